The van der Waals surface area contributed by atoms with E-state index in [1.165, 1.54) is 19.3 Å². The normalized spacial score (nSPS) is 16.8. The third kappa shape index (κ3) is 4.76. The number of likely N-dealkylation sites (tertiary alicyclic amines) is 1. The number of allylic oxidation sites excluding steroid dienone is 1. The van der Waals surface area contributed by atoms with Gasteiger partial charge in [0, 0.05) is 19.5 Å². The summed E-state index contributed by atoms with van der Waals surface area (Å²) in [4.78, 5) is 14.1. The minimum absolute atomic E-state index is 0.318. The van der Waals surface area contributed by atoms with E-state index in [0.29, 0.717) is 19.1 Å². The van der Waals surface area contributed by atoms with Crippen molar-refractivity contribution in [1.82, 2.24) is 4.90 Å². The fourth-order valence-corrected chi connectivity index (χ4v) is 3.25. The van der Waals surface area contributed by atoms with Gasteiger partial charge in [0.25, 0.3) is 0 Å². The first-order valence-electron chi connectivity index (χ1n) is 9.17. The molecule has 4 nitrogen and oxygen atoms in total. The van der Waals surface area contributed by atoms with Crippen molar-refractivity contribution in [1.29, 1.82) is 0 Å². The van der Waals surface area contributed by atoms with E-state index >= 15 is 0 Å². The maximum Gasteiger partial charge on any atom is 0.231 e. The Bertz CT molecular complexity index is 576. The van der Waals surface area contributed by atoms with Crippen molar-refractivity contribution in [2.24, 2.45) is 0 Å². The zero-order valence-electron chi connectivity index (χ0n) is 14.3. The monoisotopic (exact) mass is 329 g/mol. The van der Waals surface area contributed by atoms with E-state index in [2.05, 4.69) is 12.2 Å². The van der Waals surface area contributed by atoms with Crippen LogP contribution in [0.25, 0.3) is 6.08 Å². The van der Waals surface area contributed by atoms with Gasteiger partial charge in [0.05, 0.1) is 0 Å². The van der Waals surface area contributed by atoms with Crippen LogP contribution < -0.4 is 9.47 Å². The lowest BCUT2D eigenvalue weighted by Gasteiger charge is -2.26. The molecule has 0 aliphatic carbocycles. The van der Waals surface area contributed by atoms with Crippen molar-refractivity contribution in [3.8, 4) is 11.5 Å². The molecular weight excluding hydrogens is 302 g/mol. The molecule has 24 heavy (non-hydrogen) atoms. The molecule has 1 fully saturated rings. The Hall–Kier alpha value is -1.97. The Labute approximate surface area is 144 Å². The van der Waals surface area contributed by atoms with E-state index in [4.69, 9.17) is 9.47 Å². The third-order valence-corrected chi connectivity index (χ3v) is 4.68. The van der Waals surface area contributed by atoms with Crippen LogP contribution in [-0.2, 0) is 4.79 Å². The number of carbonyl (C=O) groups is 1. The van der Waals surface area contributed by atoms with Crippen LogP contribution in [0.5, 0.6) is 11.5 Å². The molecule has 0 radical (unpaired) electrons. The van der Waals surface area contributed by atoms with Gasteiger partial charge in [-0.2, -0.15) is 0 Å². The Balaban J connectivity index is 1.29. The summed E-state index contributed by atoms with van der Waals surface area (Å²) in [5, 5.41) is 0. The van der Waals surface area contributed by atoms with Crippen LogP contribution in [0, 0.1) is 0 Å². The van der Waals surface area contributed by atoms with Gasteiger partial charge >= 0.3 is 0 Å². The van der Waals surface area contributed by atoms with Crippen molar-refractivity contribution in [3.63, 3.8) is 0 Å². The van der Waals surface area contributed by atoms with Crippen LogP contribution in [0.4, 0.5) is 0 Å². The van der Waals surface area contributed by atoms with E-state index < -0.39 is 0 Å². The number of ether oxygens (including phenoxy) is 2. The summed E-state index contributed by atoms with van der Waals surface area (Å²) >= 11 is 0. The van der Waals surface area contributed by atoms with Gasteiger partial charge in [0.1, 0.15) is 0 Å². The van der Waals surface area contributed by atoms with E-state index in [1.807, 2.05) is 23.1 Å². The van der Waals surface area contributed by atoms with Gasteiger partial charge < -0.3 is 14.4 Å². The first-order valence-corrected chi connectivity index (χ1v) is 9.17. The molecule has 1 saturated heterocycles. The highest BCUT2D eigenvalue weighted by Gasteiger charge is 2.15. The average molecular weight is 329 g/mol. The molecule has 2 aliphatic rings. The quantitative estimate of drug-likeness (QED) is 0.696. The number of amides is 1. The largest absolute Gasteiger partial charge is 0.454 e. The van der Waals surface area contributed by atoms with Gasteiger partial charge in [-0.25, -0.2) is 0 Å². The van der Waals surface area contributed by atoms with E-state index in [-0.39, 0.29) is 0 Å². The molecule has 0 unspecified atom stereocenters. The highest BCUT2D eigenvalue weighted by atomic mass is 16.7. The van der Waals surface area contributed by atoms with Crippen molar-refractivity contribution >= 4 is 12.0 Å². The first-order chi connectivity index (χ1) is 11.8. The van der Waals surface area contributed by atoms with Crippen LogP contribution in [0.3, 0.4) is 0 Å². The SMILES string of the molecule is O=C(CCCCC/C=C/c1ccc2c(c1)OCO2)N1CCCCC1. The molecule has 0 aromatic heterocycles. The maximum absolute atomic E-state index is 12.1. The van der Waals surface area contributed by atoms with E-state index in [1.54, 1.807) is 0 Å². The number of unbranched alkanes of at least 4 members (excludes halogenated alkanes) is 3. The molecule has 1 aromatic rings. The molecule has 0 bridgehead atoms. The number of fused-ring (bicyclic) bond motifs is 1. The smallest absolute Gasteiger partial charge is 0.231 e. The molecule has 3 rings (SSSR count). The van der Waals surface area contributed by atoms with Gasteiger partial charge in [0.2, 0.25) is 12.7 Å². The lowest BCUT2D eigenvalue weighted by atomic mass is 10.1. The highest BCUT2D eigenvalue weighted by Crippen LogP contribution is 2.32. The molecular formula is C20H27NO3. The maximum atomic E-state index is 12.1. The van der Waals surface area contributed by atoms with Crippen molar-refractivity contribution in [3.05, 3.63) is 29.8 Å². The van der Waals surface area contributed by atoms with Crippen molar-refractivity contribution in [2.45, 2.75) is 51.4 Å². The molecule has 0 atom stereocenters. The molecule has 4 heteroatoms. The third-order valence-electron chi connectivity index (χ3n) is 4.68. The lowest BCUT2D eigenvalue weighted by Crippen LogP contribution is -2.35. The molecule has 130 valence electrons. The Morgan fingerprint density at radius 2 is 1.88 bits per heavy atom. The summed E-state index contributed by atoms with van der Waals surface area (Å²) in [7, 11) is 0. The average Bonchev–Trinajstić information content (AvgIpc) is 3.09. The van der Waals surface area contributed by atoms with Crippen LogP contribution in [0.1, 0.15) is 56.9 Å². The molecule has 2 aliphatic heterocycles. The minimum Gasteiger partial charge on any atom is -0.454 e. The summed E-state index contributed by atoms with van der Waals surface area (Å²) in [5.74, 6) is 2.00. The van der Waals surface area contributed by atoms with Gasteiger partial charge in [0.15, 0.2) is 11.5 Å². The number of benzene rings is 1. The number of piperidine rings is 1. The summed E-state index contributed by atoms with van der Waals surface area (Å²) in [6.45, 7) is 2.26. The predicted octanol–water partition coefficient (Wildman–Crippen LogP) is 4.39. The molecule has 0 saturated carbocycles. The molecule has 2 heterocycles. The zero-order valence-corrected chi connectivity index (χ0v) is 14.3. The summed E-state index contributed by atoms with van der Waals surface area (Å²) in [6.07, 6.45) is 13.0. The summed E-state index contributed by atoms with van der Waals surface area (Å²) in [6, 6.07) is 6.01. The highest BCUT2D eigenvalue weighted by molar-refractivity contribution is 5.76. The second kappa shape index (κ2) is 8.76. The van der Waals surface area contributed by atoms with Crippen molar-refractivity contribution < 1.29 is 14.3 Å². The fraction of sp³-hybridized carbons (Fsp3) is 0.550. The van der Waals surface area contributed by atoms with Gasteiger partial charge in [-0.1, -0.05) is 24.6 Å². The lowest BCUT2D eigenvalue weighted by molar-refractivity contribution is -0.132. The predicted molar refractivity (Wildman–Crippen MR) is 95.1 cm³/mol. The molecule has 0 spiro atoms. The van der Waals surface area contributed by atoms with Gasteiger partial charge in [-0.05, 0) is 56.2 Å². The van der Waals surface area contributed by atoms with Crippen LogP contribution in [0.2, 0.25) is 0 Å². The first kappa shape index (κ1) is 16.9. The topological polar surface area (TPSA) is 38.8 Å². The van der Waals surface area contributed by atoms with Crippen LogP contribution in [0.15, 0.2) is 24.3 Å². The number of hydrogen-bond donors (Lipinski definition) is 0. The Morgan fingerprint density at radius 1 is 1.04 bits per heavy atom. The van der Waals surface area contributed by atoms with Gasteiger partial charge in [-0.3, -0.25) is 4.79 Å². The van der Waals surface area contributed by atoms with Crippen LogP contribution in [-0.4, -0.2) is 30.7 Å². The molecule has 1 amide bonds. The van der Waals surface area contributed by atoms with Crippen molar-refractivity contribution in [2.75, 3.05) is 19.9 Å². The van der Waals surface area contributed by atoms with Crippen LogP contribution >= 0.6 is 0 Å². The number of nitrogens with zero attached hydrogens (tertiary/aromatic N) is 1. The number of rotatable bonds is 7. The van der Waals surface area contributed by atoms with E-state index in [9.17, 15) is 4.79 Å². The summed E-state index contributed by atoms with van der Waals surface area (Å²) in [5.41, 5.74) is 1.14. The molecule has 1 aromatic carbocycles. The zero-order chi connectivity index (χ0) is 16.6. The van der Waals surface area contributed by atoms with E-state index in [0.717, 1.165) is 55.8 Å². The second-order valence-electron chi connectivity index (χ2n) is 6.56. The Kier molecular flexibility index (Phi) is 6.16. The number of hydrogen-bond acceptors (Lipinski definition) is 3. The number of carbonyl (C=O) groups excluding carboxylic acids is 1. The fourth-order valence-electron chi connectivity index (χ4n) is 3.25. The second-order valence-corrected chi connectivity index (χ2v) is 6.56. The Morgan fingerprint density at radius 3 is 2.75 bits per heavy atom. The standard InChI is InChI=1S/C20H27NO3/c22-20(21-13-7-4-8-14-21)10-6-3-1-2-5-9-17-11-12-18-19(15-17)24-16-23-18/h5,9,11-12,15H,1-4,6-8,10,13-14,16H2/b9-5+. The van der Waals surface area contributed by atoms with Gasteiger partial charge in [-0.15, -0.1) is 0 Å². The summed E-state index contributed by atoms with van der Waals surface area (Å²) < 4.78 is 10.7. The molecule has 0 N–H and O–H groups in total. The minimum atomic E-state index is 0.318.